The summed E-state index contributed by atoms with van der Waals surface area (Å²) >= 11 is 1.84. The Bertz CT molecular complexity index is 2730. The summed E-state index contributed by atoms with van der Waals surface area (Å²) in [6, 6.07) is 68.6. The van der Waals surface area contributed by atoms with Crippen LogP contribution in [0, 0.1) is 0 Å². The van der Waals surface area contributed by atoms with Crippen LogP contribution in [0.2, 0.25) is 0 Å². The van der Waals surface area contributed by atoms with Crippen molar-refractivity contribution in [3.05, 3.63) is 222 Å². The van der Waals surface area contributed by atoms with Gasteiger partial charge < -0.3 is 4.90 Å². The molecule has 1 aliphatic carbocycles. The first-order valence-corrected chi connectivity index (χ1v) is 20.6. The zero-order chi connectivity index (χ0) is 38.9. The average molecular weight is 752 g/mol. The van der Waals surface area contributed by atoms with Gasteiger partial charge in [0.15, 0.2) is 0 Å². The monoisotopic (exact) mass is 751 g/mol. The molecule has 0 saturated carbocycles. The molecular formula is C55H45NS. The van der Waals surface area contributed by atoms with Crippen LogP contribution in [0.3, 0.4) is 0 Å². The standard InChI is InChI=1S/C55H45NS/c1-38(40-14-8-5-9-15-40)20-21-39(2)41-22-27-46(28-23-41)56(47-29-24-44(25-30-47)54-35-34-53(57-54)43-18-12-7-13-19-43)48-31-33-50-49-32-26-45(42-16-10-6-11-17-42)36-51(49)55(3,4)52(50)37-48/h5-37H,1-4H3/b38-20+,39-21+. The predicted octanol–water partition coefficient (Wildman–Crippen LogP) is 16.0. The van der Waals surface area contributed by atoms with E-state index in [0.29, 0.717) is 0 Å². The number of benzene rings is 7. The van der Waals surface area contributed by atoms with Crippen LogP contribution in [0.15, 0.2) is 200 Å². The van der Waals surface area contributed by atoms with E-state index in [1.165, 1.54) is 76.5 Å². The minimum atomic E-state index is -0.159. The summed E-state index contributed by atoms with van der Waals surface area (Å²) in [4.78, 5) is 4.95. The fraction of sp³-hybridized carbons (Fsp3) is 0.0909. The van der Waals surface area contributed by atoms with Crippen LogP contribution in [-0.4, -0.2) is 0 Å². The van der Waals surface area contributed by atoms with Gasteiger partial charge in [0.25, 0.3) is 0 Å². The summed E-state index contributed by atoms with van der Waals surface area (Å²) in [6.45, 7) is 9.11. The first-order valence-electron chi connectivity index (χ1n) is 19.8. The van der Waals surface area contributed by atoms with Gasteiger partial charge >= 0.3 is 0 Å². The molecule has 0 spiro atoms. The molecule has 0 aliphatic heterocycles. The summed E-state index contributed by atoms with van der Waals surface area (Å²) in [6.07, 6.45) is 4.45. The quantitative estimate of drug-likeness (QED) is 0.133. The van der Waals surface area contributed by atoms with Gasteiger partial charge in [-0.2, -0.15) is 0 Å². The number of nitrogens with zero attached hydrogens (tertiary/aromatic N) is 1. The predicted molar refractivity (Wildman–Crippen MR) is 247 cm³/mol. The highest BCUT2D eigenvalue weighted by molar-refractivity contribution is 7.18. The van der Waals surface area contributed by atoms with Crippen molar-refractivity contribution in [3.63, 3.8) is 0 Å². The molecule has 0 amide bonds. The van der Waals surface area contributed by atoms with Crippen molar-refractivity contribution in [3.8, 4) is 43.1 Å². The fourth-order valence-electron chi connectivity index (χ4n) is 8.16. The van der Waals surface area contributed by atoms with Crippen molar-refractivity contribution in [2.24, 2.45) is 0 Å². The molecule has 0 radical (unpaired) electrons. The molecule has 1 aromatic heterocycles. The van der Waals surface area contributed by atoms with Crippen LogP contribution in [0.4, 0.5) is 17.1 Å². The van der Waals surface area contributed by atoms with Gasteiger partial charge in [0.1, 0.15) is 0 Å². The summed E-state index contributed by atoms with van der Waals surface area (Å²) in [5.74, 6) is 0. The number of thiophene rings is 1. The molecule has 0 unspecified atom stereocenters. The number of fused-ring (bicyclic) bond motifs is 3. The van der Waals surface area contributed by atoms with Crippen molar-refractivity contribution < 1.29 is 0 Å². The Morgan fingerprint density at radius 1 is 0.421 bits per heavy atom. The van der Waals surface area contributed by atoms with Crippen LogP contribution < -0.4 is 4.90 Å². The number of hydrogen-bond donors (Lipinski definition) is 0. The molecule has 1 nitrogen and oxygen atoms in total. The lowest BCUT2D eigenvalue weighted by molar-refractivity contribution is 0.660. The number of anilines is 3. The third-order valence-corrected chi connectivity index (χ3v) is 12.7. The molecule has 8 aromatic rings. The van der Waals surface area contributed by atoms with Crippen molar-refractivity contribution in [1.29, 1.82) is 0 Å². The maximum absolute atomic E-state index is 2.42. The minimum absolute atomic E-state index is 0.159. The van der Waals surface area contributed by atoms with E-state index in [-0.39, 0.29) is 5.41 Å². The molecule has 0 fully saturated rings. The van der Waals surface area contributed by atoms with Crippen LogP contribution >= 0.6 is 11.3 Å². The lowest BCUT2D eigenvalue weighted by atomic mass is 9.81. The van der Waals surface area contributed by atoms with Crippen LogP contribution in [0.5, 0.6) is 0 Å². The minimum Gasteiger partial charge on any atom is -0.310 e. The molecule has 1 heterocycles. The Labute approximate surface area is 341 Å². The summed E-state index contributed by atoms with van der Waals surface area (Å²) in [5.41, 5.74) is 18.5. The van der Waals surface area contributed by atoms with Crippen LogP contribution in [-0.2, 0) is 5.41 Å². The molecule has 0 N–H and O–H groups in total. The Balaban J connectivity index is 1.08. The van der Waals surface area contributed by atoms with Crippen molar-refractivity contribution in [2.45, 2.75) is 33.1 Å². The van der Waals surface area contributed by atoms with E-state index in [0.717, 1.165) is 17.1 Å². The van der Waals surface area contributed by atoms with E-state index < -0.39 is 0 Å². The van der Waals surface area contributed by atoms with E-state index in [4.69, 9.17) is 0 Å². The summed E-state index contributed by atoms with van der Waals surface area (Å²) < 4.78 is 0. The van der Waals surface area contributed by atoms with Gasteiger partial charge in [0.05, 0.1) is 0 Å². The normalized spacial score (nSPS) is 13.3. The molecule has 7 aromatic carbocycles. The van der Waals surface area contributed by atoms with Gasteiger partial charge in [0.2, 0.25) is 0 Å². The number of allylic oxidation sites excluding steroid dienone is 4. The summed E-state index contributed by atoms with van der Waals surface area (Å²) in [7, 11) is 0. The molecule has 1 aliphatic rings. The highest BCUT2D eigenvalue weighted by atomic mass is 32.1. The Hall–Kier alpha value is -6.48. The third kappa shape index (κ3) is 7.10. The number of rotatable bonds is 9. The van der Waals surface area contributed by atoms with Gasteiger partial charge in [-0.05, 0) is 135 Å². The molecule has 9 rings (SSSR count). The smallest absolute Gasteiger partial charge is 0.0465 e. The average Bonchev–Trinajstić information content (AvgIpc) is 3.85. The van der Waals surface area contributed by atoms with Crippen molar-refractivity contribution >= 4 is 39.5 Å². The zero-order valence-corrected chi connectivity index (χ0v) is 33.7. The van der Waals surface area contributed by atoms with Gasteiger partial charge in [-0.15, -0.1) is 11.3 Å². The third-order valence-electron chi connectivity index (χ3n) is 11.5. The lowest BCUT2D eigenvalue weighted by Gasteiger charge is -2.28. The topological polar surface area (TPSA) is 3.24 Å². The molecule has 57 heavy (non-hydrogen) atoms. The molecule has 2 heteroatoms. The second-order valence-corrected chi connectivity index (χ2v) is 16.6. The highest BCUT2D eigenvalue weighted by Gasteiger charge is 2.36. The van der Waals surface area contributed by atoms with Crippen LogP contribution in [0.25, 0.3) is 54.3 Å². The van der Waals surface area contributed by atoms with E-state index in [1.54, 1.807) is 0 Å². The molecule has 276 valence electrons. The van der Waals surface area contributed by atoms with Crippen LogP contribution in [0.1, 0.15) is 49.9 Å². The van der Waals surface area contributed by atoms with Crippen molar-refractivity contribution in [2.75, 3.05) is 4.90 Å². The summed E-state index contributed by atoms with van der Waals surface area (Å²) in [5, 5.41) is 0. The molecule has 0 atom stereocenters. The lowest BCUT2D eigenvalue weighted by Crippen LogP contribution is -2.16. The fourth-order valence-corrected chi connectivity index (χ4v) is 9.18. The Morgan fingerprint density at radius 2 is 0.860 bits per heavy atom. The van der Waals surface area contributed by atoms with Crippen molar-refractivity contribution in [1.82, 2.24) is 0 Å². The largest absolute Gasteiger partial charge is 0.310 e. The molecular weight excluding hydrogens is 707 g/mol. The maximum atomic E-state index is 2.42. The van der Waals surface area contributed by atoms with E-state index in [1.807, 2.05) is 11.3 Å². The first-order chi connectivity index (χ1) is 27.8. The second kappa shape index (κ2) is 15.2. The molecule has 0 bridgehead atoms. The Morgan fingerprint density at radius 3 is 1.46 bits per heavy atom. The van der Waals surface area contributed by atoms with E-state index in [2.05, 4.69) is 233 Å². The number of hydrogen-bond acceptors (Lipinski definition) is 2. The Kier molecular flexibility index (Phi) is 9.66. The molecule has 0 saturated heterocycles. The van der Waals surface area contributed by atoms with E-state index in [9.17, 15) is 0 Å². The van der Waals surface area contributed by atoms with E-state index >= 15 is 0 Å². The first kappa shape index (κ1) is 36.2. The van der Waals surface area contributed by atoms with Gasteiger partial charge in [0, 0.05) is 32.2 Å². The maximum Gasteiger partial charge on any atom is 0.0465 e. The SMILES string of the molecule is C/C(=C\C=C(/C)c1ccc(N(c2ccc(-c3ccc(-c4ccccc4)s3)cc2)c2ccc3c(c2)C(C)(C)c2cc(-c4ccccc4)ccc2-3)cc1)c1ccccc1. The van der Waals surface area contributed by atoms with Gasteiger partial charge in [-0.25, -0.2) is 0 Å². The highest BCUT2D eigenvalue weighted by Crippen LogP contribution is 2.51. The van der Waals surface area contributed by atoms with Gasteiger partial charge in [-0.3, -0.25) is 0 Å². The second-order valence-electron chi connectivity index (χ2n) is 15.5. The van der Waals surface area contributed by atoms with Gasteiger partial charge in [-0.1, -0.05) is 159 Å². The zero-order valence-electron chi connectivity index (χ0n) is 32.9.